The molecule has 0 radical (unpaired) electrons. The van der Waals surface area contributed by atoms with Gasteiger partial charge in [-0.3, -0.25) is 10.6 Å². The molecule has 0 rings (SSSR count). The molecule has 0 spiro atoms. The van der Waals surface area contributed by atoms with Crippen LogP contribution in [0.15, 0.2) is 0 Å². The fraction of sp³-hybridized carbons (Fsp3) is 0.889. The Morgan fingerprint density at radius 1 is 1.29 bits per heavy atom. The number of hydrazine groups is 2. The summed E-state index contributed by atoms with van der Waals surface area (Å²) >= 11 is 0. The van der Waals surface area contributed by atoms with Crippen molar-refractivity contribution in [1.29, 1.82) is 0 Å². The molecular weight excluding hydrogens is 182 g/mol. The van der Waals surface area contributed by atoms with Crippen LogP contribution in [0.3, 0.4) is 0 Å². The number of unbranched alkanes of at least 4 members (excludes halogenated alkanes) is 3. The number of esters is 1. The van der Waals surface area contributed by atoms with Gasteiger partial charge in [-0.25, -0.2) is 5.43 Å². The fourth-order valence-electron chi connectivity index (χ4n) is 1.14. The van der Waals surface area contributed by atoms with E-state index in [1.807, 2.05) is 6.92 Å². The Kier molecular flexibility index (Phi) is 9.95. The van der Waals surface area contributed by atoms with E-state index in [2.05, 4.69) is 11.0 Å². The van der Waals surface area contributed by atoms with Crippen LogP contribution >= 0.6 is 0 Å². The van der Waals surface area contributed by atoms with Gasteiger partial charge in [-0.15, -0.1) is 0 Å². The third-order valence-electron chi connectivity index (χ3n) is 1.84. The molecule has 0 aliphatic heterocycles. The maximum Gasteiger partial charge on any atom is 0.305 e. The average Bonchev–Trinajstić information content (AvgIpc) is 2.17. The van der Waals surface area contributed by atoms with Gasteiger partial charge in [0.15, 0.2) is 0 Å². The van der Waals surface area contributed by atoms with Crippen molar-refractivity contribution >= 4 is 5.97 Å². The van der Waals surface area contributed by atoms with Crippen LogP contribution in [0, 0.1) is 0 Å². The molecular formula is C9H21N3O2. The van der Waals surface area contributed by atoms with E-state index < -0.39 is 0 Å². The Balaban J connectivity index is 3.01. The van der Waals surface area contributed by atoms with Gasteiger partial charge in [0.1, 0.15) is 0 Å². The zero-order valence-electron chi connectivity index (χ0n) is 8.84. The normalized spacial score (nSPS) is 10.1. The number of hydrogen-bond donors (Lipinski definition) is 3. The molecule has 0 saturated heterocycles. The van der Waals surface area contributed by atoms with E-state index in [0.29, 0.717) is 13.0 Å². The summed E-state index contributed by atoms with van der Waals surface area (Å²) in [5, 5.41) is 0. The maximum absolute atomic E-state index is 10.9. The van der Waals surface area contributed by atoms with Gasteiger partial charge in [-0.2, -0.15) is 5.53 Å². The van der Waals surface area contributed by atoms with Crippen LogP contribution in [0.2, 0.25) is 0 Å². The van der Waals surface area contributed by atoms with E-state index in [1.54, 1.807) is 0 Å². The molecule has 0 heterocycles. The standard InChI is InChI=1S/C9H21N3O2/c1-2-14-9(13)7-5-3-4-6-8-11-12-10/h11-12H,2-8,10H2,1H3. The molecule has 0 amide bonds. The summed E-state index contributed by atoms with van der Waals surface area (Å²) in [6, 6.07) is 0. The molecule has 0 atom stereocenters. The van der Waals surface area contributed by atoms with E-state index in [0.717, 1.165) is 32.2 Å². The number of carbonyl (C=O) groups is 1. The molecule has 0 aromatic rings. The molecule has 5 nitrogen and oxygen atoms in total. The third-order valence-corrected chi connectivity index (χ3v) is 1.84. The summed E-state index contributed by atoms with van der Waals surface area (Å²) in [7, 11) is 0. The first-order valence-electron chi connectivity index (χ1n) is 5.15. The Bertz CT molecular complexity index is 142. The molecule has 0 unspecified atom stereocenters. The van der Waals surface area contributed by atoms with Gasteiger partial charge in [-0.05, 0) is 19.8 Å². The Morgan fingerprint density at radius 2 is 2.00 bits per heavy atom. The lowest BCUT2D eigenvalue weighted by Crippen LogP contribution is -2.38. The van der Waals surface area contributed by atoms with Crippen LogP contribution in [0.4, 0.5) is 0 Å². The van der Waals surface area contributed by atoms with E-state index in [1.165, 1.54) is 0 Å². The van der Waals surface area contributed by atoms with Gasteiger partial charge in [0.25, 0.3) is 0 Å². The minimum atomic E-state index is -0.0887. The zero-order valence-corrected chi connectivity index (χ0v) is 8.84. The van der Waals surface area contributed by atoms with Crippen molar-refractivity contribution in [3.05, 3.63) is 0 Å². The highest BCUT2D eigenvalue weighted by molar-refractivity contribution is 5.69. The number of carbonyl (C=O) groups excluding carboxylic acids is 1. The number of nitrogens with two attached hydrogens (primary N) is 1. The van der Waals surface area contributed by atoms with Gasteiger partial charge < -0.3 is 4.74 Å². The highest BCUT2D eigenvalue weighted by Crippen LogP contribution is 2.03. The molecule has 0 saturated carbocycles. The summed E-state index contributed by atoms with van der Waals surface area (Å²) in [4.78, 5) is 10.9. The van der Waals surface area contributed by atoms with Crippen LogP contribution in [-0.4, -0.2) is 19.1 Å². The van der Waals surface area contributed by atoms with Crippen molar-refractivity contribution in [2.75, 3.05) is 13.2 Å². The molecule has 5 heteroatoms. The van der Waals surface area contributed by atoms with Gasteiger partial charge in [0.2, 0.25) is 0 Å². The first kappa shape index (κ1) is 13.4. The minimum Gasteiger partial charge on any atom is -0.466 e. The second kappa shape index (κ2) is 10.4. The van der Waals surface area contributed by atoms with Gasteiger partial charge in [0, 0.05) is 13.0 Å². The second-order valence-corrected chi connectivity index (χ2v) is 3.04. The fourth-order valence-corrected chi connectivity index (χ4v) is 1.14. The number of rotatable bonds is 9. The molecule has 0 fully saturated rings. The summed E-state index contributed by atoms with van der Waals surface area (Å²) in [5.41, 5.74) is 5.17. The molecule has 0 aromatic carbocycles. The van der Waals surface area contributed by atoms with E-state index in [9.17, 15) is 4.79 Å². The lowest BCUT2D eigenvalue weighted by Gasteiger charge is -2.03. The number of nitrogens with one attached hydrogen (secondary N) is 2. The smallest absolute Gasteiger partial charge is 0.305 e. The quantitative estimate of drug-likeness (QED) is 0.220. The Labute approximate surface area is 85.3 Å². The molecule has 4 N–H and O–H groups in total. The minimum absolute atomic E-state index is 0.0887. The van der Waals surface area contributed by atoms with Crippen molar-refractivity contribution in [3.8, 4) is 0 Å². The molecule has 0 aromatic heterocycles. The van der Waals surface area contributed by atoms with Crippen LogP contribution in [0.25, 0.3) is 0 Å². The summed E-state index contributed by atoms with van der Waals surface area (Å²) in [5.74, 6) is 4.93. The Morgan fingerprint density at radius 3 is 2.64 bits per heavy atom. The lowest BCUT2D eigenvalue weighted by molar-refractivity contribution is -0.143. The number of hydrogen-bond acceptors (Lipinski definition) is 5. The highest BCUT2D eigenvalue weighted by atomic mass is 16.5. The van der Waals surface area contributed by atoms with Crippen molar-refractivity contribution in [3.63, 3.8) is 0 Å². The SMILES string of the molecule is CCOC(=O)CCCCCCNNN. The van der Waals surface area contributed by atoms with E-state index in [4.69, 9.17) is 10.6 Å². The van der Waals surface area contributed by atoms with Crippen LogP contribution < -0.4 is 16.8 Å². The Hall–Kier alpha value is -0.650. The predicted octanol–water partition coefficient (Wildman–Crippen LogP) is 0.468. The molecule has 0 bridgehead atoms. The monoisotopic (exact) mass is 203 g/mol. The predicted molar refractivity (Wildman–Crippen MR) is 55.0 cm³/mol. The van der Waals surface area contributed by atoms with E-state index >= 15 is 0 Å². The van der Waals surface area contributed by atoms with Crippen molar-refractivity contribution in [1.82, 2.24) is 11.0 Å². The zero-order chi connectivity index (χ0) is 10.6. The maximum atomic E-state index is 10.9. The van der Waals surface area contributed by atoms with Crippen molar-refractivity contribution < 1.29 is 9.53 Å². The van der Waals surface area contributed by atoms with Gasteiger partial charge in [0.05, 0.1) is 6.61 Å². The first-order chi connectivity index (χ1) is 6.81. The summed E-state index contributed by atoms with van der Waals surface area (Å²) < 4.78 is 4.81. The van der Waals surface area contributed by atoms with Crippen LogP contribution in [-0.2, 0) is 9.53 Å². The molecule has 14 heavy (non-hydrogen) atoms. The van der Waals surface area contributed by atoms with Crippen molar-refractivity contribution in [2.45, 2.75) is 39.0 Å². The van der Waals surface area contributed by atoms with Crippen LogP contribution in [0.1, 0.15) is 39.0 Å². The topological polar surface area (TPSA) is 76.4 Å². The highest BCUT2D eigenvalue weighted by Gasteiger charge is 1.99. The average molecular weight is 203 g/mol. The molecule has 0 aliphatic rings. The first-order valence-corrected chi connectivity index (χ1v) is 5.15. The number of ether oxygens (including phenoxy) is 1. The van der Waals surface area contributed by atoms with E-state index in [-0.39, 0.29) is 5.97 Å². The largest absolute Gasteiger partial charge is 0.466 e. The van der Waals surface area contributed by atoms with Crippen molar-refractivity contribution in [2.24, 2.45) is 5.84 Å². The second-order valence-electron chi connectivity index (χ2n) is 3.04. The van der Waals surface area contributed by atoms with Crippen LogP contribution in [0.5, 0.6) is 0 Å². The molecule has 84 valence electrons. The van der Waals surface area contributed by atoms with Gasteiger partial charge in [-0.1, -0.05) is 12.8 Å². The molecule has 0 aliphatic carbocycles. The van der Waals surface area contributed by atoms with Gasteiger partial charge >= 0.3 is 5.97 Å². The summed E-state index contributed by atoms with van der Waals surface area (Å²) in [6.07, 6.45) is 4.68. The third kappa shape index (κ3) is 9.44. The summed E-state index contributed by atoms with van der Waals surface area (Å²) in [6.45, 7) is 3.16. The lowest BCUT2D eigenvalue weighted by atomic mass is 10.1.